The molecule has 0 fully saturated rings. The maximum absolute atomic E-state index is 14.4. The number of ether oxygens (including phenoxy) is 4. The third-order valence-corrected chi connectivity index (χ3v) is 11.2. The van der Waals surface area contributed by atoms with E-state index in [2.05, 4.69) is 16.5 Å². The highest BCUT2D eigenvalue weighted by Gasteiger charge is 2.31. The number of aliphatic hydroxyl groups excluding tert-OH is 1. The molecular formula is C34H45N3O8S2. The molecule has 5 rings (SSSR count). The second-order valence-corrected chi connectivity index (χ2v) is 15.3. The van der Waals surface area contributed by atoms with Crippen molar-refractivity contribution in [3.05, 3.63) is 65.0 Å². The summed E-state index contributed by atoms with van der Waals surface area (Å²) in [6.45, 7) is 7.97. The van der Waals surface area contributed by atoms with Gasteiger partial charge in [-0.15, -0.1) is 11.3 Å². The smallest absolute Gasteiger partial charge is 0.271 e. The molecule has 2 aliphatic rings. The number of nitrogens with zero attached hydrogens (tertiary/aromatic N) is 2. The van der Waals surface area contributed by atoms with Crippen molar-refractivity contribution in [3.8, 4) is 17.2 Å². The molecule has 2 aromatic carbocycles. The number of nitrogens with one attached hydrogen (secondary N) is 1. The van der Waals surface area contributed by atoms with Crippen molar-refractivity contribution in [2.24, 2.45) is 5.92 Å². The molecular weight excluding hydrogens is 643 g/mol. The molecule has 3 heterocycles. The van der Waals surface area contributed by atoms with Gasteiger partial charge in [-0.3, -0.25) is 14.4 Å². The molecule has 256 valence electrons. The number of hydrogen-bond acceptors (Lipinski definition) is 10. The molecule has 4 atom stereocenters. The molecule has 0 radical (unpaired) electrons. The summed E-state index contributed by atoms with van der Waals surface area (Å²) in [7, 11) is -1.79. The standard InChI is InChI=1S/C34H45N3O8S2/c1-23-18-37(24(2)21-38)34(39)28-17-27(35-47(40,41)33-9-7-15-46-33)11-13-29(28)45-25(3)8-5-6-14-42-32(23)20-36(4)19-26-10-12-30-31(16-26)44-22-43-30/h7,9-13,15-17,23-25,32,35,38H,5-6,8,14,18-22H2,1-4H3/t23-,24-,25+,32-/m0/s1. The quantitative estimate of drug-likeness (QED) is 0.312. The Morgan fingerprint density at radius 1 is 1.09 bits per heavy atom. The zero-order valence-corrected chi connectivity index (χ0v) is 29.0. The predicted molar refractivity (Wildman–Crippen MR) is 181 cm³/mol. The number of amides is 1. The van der Waals surface area contributed by atoms with E-state index in [-0.39, 0.29) is 52.9 Å². The lowest BCUT2D eigenvalue weighted by Crippen LogP contribution is -2.47. The number of rotatable bonds is 9. The molecule has 1 amide bonds. The molecule has 0 unspecified atom stereocenters. The van der Waals surface area contributed by atoms with Crippen molar-refractivity contribution in [2.45, 2.75) is 69.0 Å². The number of aliphatic hydroxyl groups is 1. The van der Waals surface area contributed by atoms with Gasteiger partial charge in [0.2, 0.25) is 6.79 Å². The second-order valence-electron chi connectivity index (χ2n) is 12.4. The highest BCUT2D eigenvalue weighted by Crippen LogP contribution is 2.33. The van der Waals surface area contributed by atoms with E-state index in [9.17, 15) is 18.3 Å². The highest BCUT2D eigenvalue weighted by molar-refractivity contribution is 7.94. The molecule has 0 saturated carbocycles. The van der Waals surface area contributed by atoms with E-state index in [1.807, 2.05) is 32.2 Å². The lowest BCUT2D eigenvalue weighted by Gasteiger charge is -2.36. The van der Waals surface area contributed by atoms with E-state index in [1.165, 1.54) is 12.1 Å². The number of fused-ring (bicyclic) bond motifs is 2. The van der Waals surface area contributed by atoms with E-state index < -0.39 is 16.1 Å². The van der Waals surface area contributed by atoms with E-state index in [0.29, 0.717) is 32.0 Å². The summed E-state index contributed by atoms with van der Waals surface area (Å²) in [5.41, 5.74) is 1.57. The van der Waals surface area contributed by atoms with Crippen LogP contribution in [0.3, 0.4) is 0 Å². The van der Waals surface area contributed by atoms with E-state index in [0.717, 1.165) is 47.7 Å². The van der Waals surface area contributed by atoms with Gasteiger partial charge in [-0.25, -0.2) is 8.42 Å². The Morgan fingerprint density at radius 3 is 2.64 bits per heavy atom. The number of benzene rings is 2. The van der Waals surface area contributed by atoms with Crippen molar-refractivity contribution in [2.75, 3.05) is 44.9 Å². The van der Waals surface area contributed by atoms with Crippen molar-refractivity contribution >= 4 is 33.0 Å². The monoisotopic (exact) mass is 687 g/mol. The summed E-state index contributed by atoms with van der Waals surface area (Å²) >= 11 is 1.11. The summed E-state index contributed by atoms with van der Waals surface area (Å²) in [4.78, 5) is 18.2. The lowest BCUT2D eigenvalue weighted by atomic mass is 10.0. The summed E-state index contributed by atoms with van der Waals surface area (Å²) in [5, 5.41) is 11.9. The Labute approximate surface area is 281 Å². The van der Waals surface area contributed by atoms with E-state index in [4.69, 9.17) is 18.9 Å². The molecule has 0 bridgehead atoms. The maximum Gasteiger partial charge on any atom is 0.271 e. The molecule has 2 aliphatic heterocycles. The Hall–Kier alpha value is -3.36. The lowest BCUT2D eigenvalue weighted by molar-refractivity contribution is -0.0177. The average Bonchev–Trinajstić information content (AvgIpc) is 3.75. The van der Waals surface area contributed by atoms with Gasteiger partial charge < -0.3 is 29.0 Å². The van der Waals surface area contributed by atoms with Gasteiger partial charge in [0.05, 0.1) is 30.4 Å². The van der Waals surface area contributed by atoms with Crippen LogP contribution in [0.5, 0.6) is 17.2 Å². The first-order chi connectivity index (χ1) is 22.5. The Kier molecular flexibility index (Phi) is 11.7. The van der Waals surface area contributed by atoms with Crippen LogP contribution in [-0.4, -0.2) is 87.6 Å². The van der Waals surface area contributed by atoms with Gasteiger partial charge in [-0.2, -0.15) is 0 Å². The number of sulfonamides is 1. The summed E-state index contributed by atoms with van der Waals surface area (Å²) < 4.78 is 52.5. The topological polar surface area (TPSA) is 127 Å². The van der Waals surface area contributed by atoms with E-state index >= 15 is 0 Å². The van der Waals surface area contributed by atoms with Gasteiger partial charge >= 0.3 is 0 Å². The first kappa shape index (κ1) is 35.0. The molecule has 0 aliphatic carbocycles. The third kappa shape index (κ3) is 8.96. The Bertz CT molecular complexity index is 1600. The minimum absolute atomic E-state index is 0.0982. The number of thiophene rings is 1. The zero-order chi connectivity index (χ0) is 33.6. The number of likely N-dealkylation sites (N-methyl/N-ethyl adjacent to an activating group) is 1. The average molecular weight is 688 g/mol. The predicted octanol–water partition coefficient (Wildman–Crippen LogP) is 5.21. The zero-order valence-electron chi connectivity index (χ0n) is 27.4. The summed E-state index contributed by atoms with van der Waals surface area (Å²) in [6, 6.07) is 13.4. The summed E-state index contributed by atoms with van der Waals surface area (Å²) in [6.07, 6.45) is 2.10. The second kappa shape index (κ2) is 15.7. The fraction of sp³-hybridized carbons (Fsp3) is 0.500. The van der Waals surface area contributed by atoms with Crippen molar-refractivity contribution in [1.82, 2.24) is 9.80 Å². The van der Waals surface area contributed by atoms with Crippen LogP contribution in [0.25, 0.3) is 0 Å². The fourth-order valence-electron chi connectivity index (χ4n) is 5.79. The number of hydrogen-bond donors (Lipinski definition) is 2. The normalized spacial score (nSPS) is 21.5. The van der Waals surface area contributed by atoms with Crippen LogP contribution in [0.15, 0.2) is 58.1 Å². The molecule has 0 saturated heterocycles. The first-order valence-corrected chi connectivity index (χ1v) is 18.4. The van der Waals surface area contributed by atoms with Crippen molar-refractivity contribution in [1.29, 1.82) is 0 Å². The van der Waals surface area contributed by atoms with Crippen LogP contribution in [-0.2, 0) is 21.3 Å². The SMILES string of the molecule is C[C@@H]1CCCCO[C@@H](CN(C)Cc2ccc3c(c2)OCO3)[C@@H](C)CN([C@@H](C)CO)C(=O)c2cc(NS(=O)(=O)c3cccs3)ccc2O1. The Balaban J connectivity index is 1.40. The maximum atomic E-state index is 14.4. The fourth-order valence-corrected chi connectivity index (χ4v) is 7.84. The van der Waals surface area contributed by atoms with Gasteiger partial charge in [0.25, 0.3) is 15.9 Å². The number of carbonyl (C=O) groups excluding carboxylic acids is 1. The summed E-state index contributed by atoms with van der Waals surface area (Å²) in [5.74, 6) is 1.40. The van der Waals surface area contributed by atoms with Crippen LogP contribution in [0.4, 0.5) is 5.69 Å². The van der Waals surface area contributed by atoms with Crippen LogP contribution >= 0.6 is 11.3 Å². The van der Waals surface area contributed by atoms with E-state index in [1.54, 1.807) is 35.4 Å². The molecule has 1 aromatic heterocycles. The largest absolute Gasteiger partial charge is 0.490 e. The van der Waals surface area contributed by atoms with Crippen LogP contribution in [0.2, 0.25) is 0 Å². The van der Waals surface area contributed by atoms with Gasteiger partial charge in [0.15, 0.2) is 11.5 Å². The minimum atomic E-state index is -3.83. The highest BCUT2D eigenvalue weighted by atomic mass is 32.2. The van der Waals surface area contributed by atoms with Crippen molar-refractivity contribution < 1.29 is 37.3 Å². The molecule has 2 N–H and O–H groups in total. The molecule has 3 aromatic rings. The molecule has 11 nitrogen and oxygen atoms in total. The van der Waals surface area contributed by atoms with Crippen LogP contribution in [0.1, 0.15) is 56.0 Å². The van der Waals surface area contributed by atoms with Crippen LogP contribution in [0, 0.1) is 5.92 Å². The number of carbonyl (C=O) groups is 1. The first-order valence-electron chi connectivity index (χ1n) is 16.0. The van der Waals surface area contributed by atoms with Gasteiger partial charge in [0, 0.05) is 37.8 Å². The number of anilines is 1. The van der Waals surface area contributed by atoms with Gasteiger partial charge in [0.1, 0.15) is 9.96 Å². The molecule has 47 heavy (non-hydrogen) atoms. The molecule has 0 spiro atoms. The van der Waals surface area contributed by atoms with Crippen molar-refractivity contribution in [3.63, 3.8) is 0 Å². The third-order valence-electron chi connectivity index (χ3n) is 8.44. The van der Waals surface area contributed by atoms with Gasteiger partial charge in [-0.05, 0) is 87.5 Å². The molecule has 13 heteroatoms. The van der Waals surface area contributed by atoms with Crippen LogP contribution < -0.4 is 18.9 Å². The van der Waals surface area contributed by atoms with Gasteiger partial charge in [-0.1, -0.05) is 19.1 Å². The Morgan fingerprint density at radius 2 is 1.87 bits per heavy atom. The minimum Gasteiger partial charge on any atom is -0.490 e.